The van der Waals surface area contributed by atoms with E-state index < -0.39 is 19.2 Å². The summed E-state index contributed by atoms with van der Waals surface area (Å²) in [5.41, 5.74) is 0. The van der Waals surface area contributed by atoms with Crippen LogP contribution in [0.25, 0.3) is 0 Å². The van der Waals surface area contributed by atoms with Crippen LogP contribution in [0.4, 0.5) is 19.0 Å². The van der Waals surface area contributed by atoms with Crippen molar-refractivity contribution in [2.24, 2.45) is 0 Å². The average Bonchev–Trinajstić information content (AvgIpc) is 2.29. The maximum Gasteiger partial charge on any atom is 0.392 e. The molecule has 0 amide bonds. The molecule has 19 heavy (non-hydrogen) atoms. The van der Waals surface area contributed by atoms with Crippen LogP contribution in [0.3, 0.4) is 0 Å². The quantitative estimate of drug-likeness (QED) is 0.836. The molecule has 0 aromatic carbocycles. The molecule has 0 unspecified atom stereocenters. The van der Waals surface area contributed by atoms with Gasteiger partial charge in [-0.25, -0.2) is 0 Å². The second kappa shape index (κ2) is 7.05. The summed E-state index contributed by atoms with van der Waals surface area (Å²) in [6.07, 6.45) is -4.49. The van der Waals surface area contributed by atoms with Crippen LogP contribution in [0.15, 0.2) is 6.07 Å². The molecule has 0 saturated heterocycles. The molecule has 1 N–H and O–H groups in total. The zero-order chi connectivity index (χ0) is 14.5. The fraction of sp³-hybridized carbons (Fsp3) is 0.545. The van der Waals surface area contributed by atoms with Gasteiger partial charge in [0.25, 0.3) is 0 Å². The minimum absolute atomic E-state index is 0.0612. The second-order valence-electron chi connectivity index (χ2n) is 3.75. The number of alkyl halides is 3. The van der Waals surface area contributed by atoms with E-state index in [1.165, 1.54) is 6.07 Å². The molecule has 0 aliphatic rings. The number of pyridine rings is 1. The smallest absolute Gasteiger partial charge is 0.392 e. The van der Waals surface area contributed by atoms with Crippen LogP contribution in [0.5, 0.6) is 5.88 Å². The third kappa shape index (κ3) is 5.74. The van der Waals surface area contributed by atoms with Crippen LogP contribution >= 0.6 is 23.2 Å². The molecule has 0 fully saturated rings. The summed E-state index contributed by atoms with van der Waals surface area (Å²) in [6.45, 7) is 2.05. The van der Waals surface area contributed by atoms with E-state index in [-0.39, 0.29) is 10.9 Å². The first-order valence-corrected chi connectivity index (χ1v) is 6.38. The maximum absolute atomic E-state index is 12.0. The highest BCUT2D eigenvalue weighted by Gasteiger charge is 2.27. The second-order valence-corrected chi connectivity index (χ2v) is 4.56. The highest BCUT2D eigenvalue weighted by atomic mass is 35.5. The van der Waals surface area contributed by atoms with Crippen molar-refractivity contribution in [2.75, 3.05) is 18.5 Å². The molecule has 0 saturated carbocycles. The van der Waals surface area contributed by atoms with Gasteiger partial charge in [0.1, 0.15) is 10.8 Å². The van der Waals surface area contributed by atoms with Gasteiger partial charge in [-0.15, -0.1) is 0 Å². The molecule has 1 rings (SSSR count). The minimum atomic E-state index is -4.28. The first-order chi connectivity index (χ1) is 8.83. The van der Waals surface area contributed by atoms with Gasteiger partial charge in [-0.2, -0.15) is 18.2 Å². The van der Waals surface area contributed by atoms with Gasteiger partial charge in [0.15, 0.2) is 0 Å². The summed E-state index contributed by atoms with van der Waals surface area (Å²) < 4.78 is 40.9. The zero-order valence-corrected chi connectivity index (χ0v) is 11.7. The molecule has 0 aliphatic carbocycles. The topological polar surface area (TPSA) is 34.2 Å². The van der Waals surface area contributed by atoms with Crippen LogP contribution < -0.4 is 10.1 Å². The number of ether oxygens (including phenoxy) is 1. The summed E-state index contributed by atoms with van der Waals surface area (Å²) in [4.78, 5) is 3.96. The van der Waals surface area contributed by atoms with Crippen molar-refractivity contribution in [3.8, 4) is 5.88 Å². The highest BCUT2D eigenvalue weighted by molar-refractivity contribution is 6.36. The summed E-state index contributed by atoms with van der Waals surface area (Å²) in [5.74, 6) is 0.281. The van der Waals surface area contributed by atoms with Crippen molar-refractivity contribution in [3.05, 3.63) is 16.1 Å². The van der Waals surface area contributed by atoms with Crippen LogP contribution in [-0.2, 0) is 0 Å². The van der Waals surface area contributed by atoms with Crippen LogP contribution in [0.2, 0.25) is 10.0 Å². The highest BCUT2D eigenvalue weighted by Crippen LogP contribution is 2.31. The fourth-order valence-electron chi connectivity index (χ4n) is 1.18. The van der Waals surface area contributed by atoms with E-state index in [9.17, 15) is 13.2 Å². The standard InChI is InChI=1S/C11H13Cl2F3N2O/c1-2-4-17-9-7(12)6-8(13)10(18-9)19-5-3-11(14,15)16/h6H,2-5H2,1H3,(H,17,18). The van der Waals surface area contributed by atoms with Crippen molar-refractivity contribution in [3.63, 3.8) is 0 Å². The molecule has 0 radical (unpaired) electrons. The number of rotatable bonds is 6. The molecule has 0 atom stereocenters. The number of nitrogens with one attached hydrogen (secondary N) is 1. The van der Waals surface area contributed by atoms with Crippen molar-refractivity contribution in [1.29, 1.82) is 0 Å². The van der Waals surface area contributed by atoms with Crippen LogP contribution in [0.1, 0.15) is 19.8 Å². The minimum Gasteiger partial charge on any atom is -0.476 e. The Morgan fingerprint density at radius 2 is 2.00 bits per heavy atom. The largest absolute Gasteiger partial charge is 0.476 e. The number of hydrogen-bond acceptors (Lipinski definition) is 3. The van der Waals surface area contributed by atoms with Crippen LogP contribution in [-0.4, -0.2) is 24.3 Å². The Morgan fingerprint density at radius 1 is 1.32 bits per heavy atom. The number of anilines is 1. The fourth-order valence-corrected chi connectivity index (χ4v) is 1.66. The average molecular weight is 317 g/mol. The maximum atomic E-state index is 12.0. The summed E-state index contributed by atoms with van der Waals surface area (Å²) in [7, 11) is 0. The van der Waals surface area contributed by atoms with Gasteiger partial charge in [-0.1, -0.05) is 30.1 Å². The van der Waals surface area contributed by atoms with Crippen molar-refractivity contribution < 1.29 is 17.9 Å². The van der Waals surface area contributed by atoms with Crippen LogP contribution in [0, 0.1) is 0 Å². The van der Waals surface area contributed by atoms with E-state index in [1.54, 1.807) is 0 Å². The van der Waals surface area contributed by atoms with Gasteiger partial charge in [-0.05, 0) is 12.5 Å². The molecule has 0 aliphatic heterocycles. The Kier molecular flexibility index (Phi) is 6.00. The number of hydrogen-bond donors (Lipinski definition) is 1. The van der Waals surface area contributed by atoms with Gasteiger partial charge < -0.3 is 10.1 Å². The third-order valence-electron chi connectivity index (χ3n) is 2.06. The van der Waals surface area contributed by atoms with Gasteiger partial charge in [0.2, 0.25) is 5.88 Å². The molecule has 0 spiro atoms. The molecule has 0 bridgehead atoms. The van der Waals surface area contributed by atoms with Crippen molar-refractivity contribution in [2.45, 2.75) is 25.9 Å². The van der Waals surface area contributed by atoms with Gasteiger partial charge in [0, 0.05) is 6.54 Å². The lowest BCUT2D eigenvalue weighted by Gasteiger charge is -2.12. The molecule has 8 heteroatoms. The zero-order valence-electron chi connectivity index (χ0n) is 10.2. The Hall–Kier alpha value is -0.880. The SMILES string of the molecule is CCCNc1nc(OCCC(F)(F)F)c(Cl)cc1Cl. The van der Waals surface area contributed by atoms with Gasteiger partial charge in [0.05, 0.1) is 18.1 Å². The Morgan fingerprint density at radius 3 is 2.58 bits per heavy atom. The van der Waals surface area contributed by atoms with Crippen molar-refractivity contribution in [1.82, 2.24) is 4.98 Å². The molecule has 1 aromatic heterocycles. The van der Waals surface area contributed by atoms with E-state index in [0.717, 1.165) is 6.42 Å². The molecular formula is C11H13Cl2F3N2O. The molecule has 1 heterocycles. The Balaban J connectivity index is 2.71. The molecular weight excluding hydrogens is 304 g/mol. The molecule has 3 nitrogen and oxygen atoms in total. The summed E-state index contributed by atoms with van der Waals surface area (Å²) in [5, 5.41) is 3.30. The Bertz CT molecular complexity index is 427. The predicted octanol–water partition coefficient (Wildman–Crippen LogP) is 4.54. The van der Waals surface area contributed by atoms with E-state index >= 15 is 0 Å². The first-order valence-electron chi connectivity index (χ1n) is 5.63. The van der Waals surface area contributed by atoms with Gasteiger partial charge in [-0.3, -0.25) is 0 Å². The van der Waals surface area contributed by atoms with E-state index in [1.807, 2.05) is 6.92 Å². The number of nitrogens with zero attached hydrogens (tertiary/aromatic N) is 1. The first kappa shape index (κ1) is 16.2. The van der Waals surface area contributed by atoms with E-state index in [2.05, 4.69) is 10.3 Å². The lowest BCUT2D eigenvalue weighted by Crippen LogP contribution is -2.14. The van der Waals surface area contributed by atoms with E-state index in [0.29, 0.717) is 17.4 Å². The lowest BCUT2D eigenvalue weighted by molar-refractivity contribution is -0.139. The van der Waals surface area contributed by atoms with Crippen molar-refractivity contribution >= 4 is 29.0 Å². The van der Waals surface area contributed by atoms with E-state index in [4.69, 9.17) is 27.9 Å². The summed E-state index contributed by atoms with van der Waals surface area (Å²) >= 11 is 11.7. The predicted molar refractivity (Wildman–Crippen MR) is 69.2 cm³/mol. The third-order valence-corrected chi connectivity index (χ3v) is 2.62. The lowest BCUT2D eigenvalue weighted by atomic mass is 10.4. The van der Waals surface area contributed by atoms with Gasteiger partial charge >= 0.3 is 6.18 Å². The Labute approximate surface area is 119 Å². The molecule has 108 valence electrons. The molecule has 1 aromatic rings. The summed E-state index contributed by atoms with van der Waals surface area (Å²) in [6, 6.07) is 1.39. The normalized spacial score (nSPS) is 11.5. The number of aromatic nitrogens is 1. The number of halogens is 5. The monoisotopic (exact) mass is 316 g/mol.